The van der Waals surface area contributed by atoms with Gasteiger partial charge in [0.25, 0.3) is 0 Å². The molecule has 0 aliphatic heterocycles. The average Bonchev–Trinajstić information content (AvgIpc) is 2.63. The summed E-state index contributed by atoms with van der Waals surface area (Å²) in [5.41, 5.74) is 3.89. The number of phenolic OH excluding ortho intramolecular Hbond substituents is 1. The largest absolute Gasteiger partial charge is 0.507 e. The number of aromatic hydroxyl groups is 1. The highest BCUT2D eigenvalue weighted by molar-refractivity contribution is 5.85. The van der Waals surface area contributed by atoms with E-state index in [1.54, 1.807) is 19.4 Å². The predicted octanol–water partition coefficient (Wildman–Crippen LogP) is 4.74. The molecule has 0 aromatic heterocycles. The molecule has 3 nitrogen and oxygen atoms in total. The van der Waals surface area contributed by atoms with Gasteiger partial charge < -0.3 is 9.84 Å². The van der Waals surface area contributed by atoms with Crippen molar-refractivity contribution >= 4 is 11.9 Å². The molecule has 3 aromatic carbocycles. The van der Waals surface area contributed by atoms with Crippen LogP contribution in [-0.2, 0) is 6.42 Å². The molecule has 1 N–H and O–H groups in total. The van der Waals surface area contributed by atoms with Crippen molar-refractivity contribution in [2.45, 2.75) is 6.42 Å². The molecule has 0 bridgehead atoms. The number of phenols is 1. The van der Waals surface area contributed by atoms with Gasteiger partial charge in [-0.3, -0.25) is 4.99 Å². The van der Waals surface area contributed by atoms with Crippen molar-refractivity contribution in [2.75, 3.05) is 7.11 Å². The lowest BCUT2D eigenvalue weighted by Crippen LogP contribution is -1.91. The van der Waals surface area contributed by atoms with Gasteiger partial charge in [0, 0.05) is 11.8 Å². The first kappa shape index (κ1) is 15.8. The molecule has 0 aliphatic rings. The van der Waals surface area contributed by atoms with Gasteiger partial charge in [0.15, 0.2) is 0 Å². The fourth-order valence-electron chi connectivity index (χ4n) is 2.46. The first-order chi connectivity index (χ1) is 11.7. The number of aliphatic imine (C=N–C) groups is 1. The van der Waals surface area contributed by atoms with Crippen molar-refractivity contribution in [3.8, 4) is 11.5 Å². The van der Waals surface area contributed by atoms with Gasteiger partial charge in [0.1, 0.15) is 11.5 Å². The normalized spacial score (nSPS) is 10.9. The van der Waals surface area contributed by atoms with E-state index in [2.05, 4.69) is 17.1 Å². The third-order valence-corrected chi connectivity index (χ3v) is 3.77. The molecule has 0 spiro atoms. The first-order valence-electron chi connectivity index (χ1n) is 7.78. The van der Waals surface area contributed by atoms with Crippen LogP contribution in [0.15, 0.2) is 77.8 Å². The van der Waals surface area contributed by atoms with E-state index in [4.69, 9.17) is 4.74 Å². The van der Waals surface area contributed by atoms with E-state index >= 15 is 0 Å². The average molecular weight is 317 g/mol. The summed E-state index contributed by atoms with van der Waals surface area (Å²) in [5, 5.41) is 10.0. The number of nitrogens with zero attached hydrogens (tertiary/aromatic N) is 1. The summed E-state index contributed by atoms with van der Waals surface area (Å²) in [6.45, 7) is 0. The van der Waals surface area contributed by atoms with Crippen molar-refractivity contribution in [1.82, 2.24) is 0 Å². The van der Waals surface area contributed by atoms with Crippen LogP contribution >= 0.6 is 0 Å². The lowest BCUT2D eigenvalue weighted by atomic mass is 10.0. The van der Waals surface area contributed by atoms with Gasteiger partial charge in [-0.2, -0.15) is 0 Å². The number of methoxy groups -OCH3 is 1. The highest BCUT2D eigenvalue weighted by atomic mass is 16.5. The highest BCUT2D eigenvalue weighted by Crippen LogP contribution is 2.21. The Bertz CT molecular complexity index is 824. The Morgan fingerprint density at radius 3 is 2.38 bits per heavy atom. The standard InChI is InChI=1S/C21H19NO2/c1-24-20-10-8-19(9-11-20)22-15-18-14-17(7-12-21(18)23)13-16-5-3-2-4-6-16/h2-12,14-15,23H,13H2,1H3. The minimum atomic E-state index is 0.226. The molecule has 3 heteroatoms. The molecule has 0 unspecified atom stereocenters. The van der Waals surface area contributed by atoms with E-state index in [0.717, 1.165) is 23.4 Å². The molecule has 24 heavy (non-hydrogen) atoms. The van der Waals surface area contributed by atoms with Gasteiger partial charge in [-0.25, -0.2) is 0 Å². The molecule has 0 heterocycles. The molecule has 0 amide bonds. The fraction of sp³-hybridized carbons (Fsp3) is 0.0952. The molecular formula is C21H19NO2. The van der Waals surface area contributed by atoms with Crippen molar-refractivity contribution < 1.29 is 9.84 Å². The van der Waals surface area contributed by atoms with Gasteiger partial charge in [-0.1, -0.05) is 36.4 Å². The van der Waals surface area contributed by atoms with Crippen LogP contribution in [0.3, 0.4) is 0 Å². The summed E-state index contributed by atoms with van der Waals surface area (Å²) in [7, 11) is 1.63. The van der Waals surface area contributed by atoms with Crippen molar-refractivity contribution in [3.05, 3.63) is 89.5 Å². The fourth-order valence-corrected chi connectivity index (χ4v) is 2.46. The Labute approximate surface area is 141 Å². The predicted molar refractivity (Wildman–Crippen MR) is 97.6 cm³/mol. The van der Waals surface area contributed by atoms with Crippen molar-refractivity contribution in [2.24, 2.45) is 4.99 Å². The van der Waals surface area contributed by atoms with E-state index in [1.165, 1.54) is 5.56 Å². The van der Waals surface area contributed by atoms with E-state index in [-0.39, 0.29) is 5.75 Å². The minimum absolute atomic E-state index is 0.226. The maximum Gasteiger partial charge on any atom is 0.124 e. The zero-order valence-electron chi connectivity index (χ0n) is 13.5. The number of ether oxygens (including phenoxy) is 1. The van der Waals surface area contributed by atoms with Crippen LogP contribution in [0.4, 0.5) is 5.69 Å². The van der Waals surface area contributed by atoms with Crippen LogP contribution in [0.5, 0.6) is 11.5 Å². The van der Waals surface area contributed by atoms with Gasteiger partial charge in [0.05, 0.1) is 12.8 Å². The smallest absolute Gasteiger partial charge is 0.124 e. The Balaban J connectivity index is 1.79. The molecular weight excluding hydrogens is 298 g/mol. The third-order valence-electron chi connectivity index (χ3n) is 3.77. The summed E-state index contributed by atoms with van der Waals surface area (Å²) < 4.78 is 5.13. The summed E-state index contributed by atoms with van der Waals surface area (Å²) in [6.07, 6.45) is 2.51. The van der Waals surface area contributed by atoms with Gasteiger partial charge >= 0.3 is 0 Å². The zero-order valence-corrected chi connectivity index (χ0v) is 13.5. The molecule has 0 saturated heterocycles. The number of hydrogen-bond acceptors (Lipinski definition) is 3. The molecule has 120 valence electrons. The molecule has 0 atom stereocenters. The third kappa shape index (κ3) is 4.02. The minimum Gasteiger partial charge on any atom is -0.507 e. The second kappa shape index (κ2) is 7.47. The van der Waals surface area contributed by atoms with E-state index in [0.29, 0.717) is 5.56 Å². The summed E-state index contributed by atoms with van der Waals surface area (Å²) in [5.74, 6) is 1.02. The Hall–Kier alpha value is -3.07. The van der Waals surface area contributed by atoms with Crippen LogP contribution in [0.1, 0.15) is 16.7 Å². The van der Waals surface area contributed by atoms with Crippen molar-refractivity contribution in [1.29, 1.82) is 0 Å². The van der Waals surface area contributed by atoms with Crippen LogP contribution in [0.25, 0.3) is 0 Å². The van der Waals surface area contributed by atoms with E-state index in [9.17, 15) is 5.11 Å². The van der Waals surface area contributed by atoms with Crippen LogP contribution in [-0.4, -0.2) is 18.4 Å². The Morgan fingerprint density at radius 1 is 0.917 bits per heavy atom. The Kier molecular flexibility index (Phi) is 4.92. The molecule has 0 aliphatic carbocycles. The molecule has 3 rings (SSSR count). The monoisotopic (exact) mass is 317 g/mol. The first-order valence-corrected chi connectivity index (χ1v) is 7.78. The molecule has 0 fully saturated rings. The lowest BCUT2D eigenvalue weighted by molar-refractivity contribution is 0.415. The lowest BCUT2D eigenvalue weighted by Gasteiger charge is -2.05. The van der Waals surface area contributed by atoms with Gasteiger partial charge in [-0.15, -0.1) is 0 Å². The van der Waals surface area contributed by atoms with E-state index < -0.39 is 0 Å². The van der Waals surface area contributed by atoms with Gasteiger partial charge in [-0.05, 0) is 53.9 Å². The maximum absolute atomic E-state index is 10.0. The number of hydrogen-bond donors (Lipinski definition) is 1. The molecule has 0 radical (unpaired) electrons. The second-order valence-electron chi connectivity index (χ2n) is 5.51. The van der Waals surface area contributed by atoms with E-state index in [1.807, 2.05) is 54.6 Å². The topological polar surface area (TPSA) is 41.8 Å². The summed E-state index contributed by atoms with van der Waals surface area (Å²) in [6, 6.07) is 23.3. The Morgan fingerprint density at radius 2 is 1.67 bits per heavy atom. The molecule has 0 saturated carbocycles. The quantitative estimate of drug-likeness (QED) is 0.690. The van der Waals surface area contributed by atoms with Crippen LogP contribution in [0, 0.1) is 0 Å². The maximum atomic E-state index is 10.0. The summed E-state index contributed by atoms with van der Waals surface area (Å²) in [4.78, 5) is 4.42. The van der Waals surface area contributed by atoms with Crippen LogP contribution in [0.2, 0.25) is 0 Å². The second-order valence-corrected chi connectivity index (χ2v) is 5.51. The highest BCUT2D eigenvalue weighted by Gasteiger charge is 2.02. The van der Waals surface area contributed by atoms with Crippen molar-refractivity contribution in [3.63, 3.8) is 0 Å². The molecule has 3 aromatic rings. The SMILES string of the molecule is COc1ccc(N=Cc2cc(Cc3ccccc3)ccc2O)cc1. The number of rotatable bonds is 5. The summed E-state index contributed by atoms with van der Waals surface area (Å²) >= 11 is 0. The van der Waals surface area contributed by atoms with Gasteiger partial charge in [0.2, 0.25) is 0 Å². The van der Waals surface area contributed by atoms with Crippen LogP contribution < -0.4 is 4.74 Å². The zero-order chi connectivity index (χ0) is 16.8. The number of benzene rings is 3.